The first-order chi connectivity index (χ1) is 10.6. The van der Waals surface area contributed by atoms with Crippen molar-refractivity contribution in [1.82, 2.24) is 20.8 Å². The number of hydrogen-bond donors (Lipinski definition) is 2. The fourth-order valence-corrected chi connectivity index (χ4v) is 2.13. The number of aromatic nitrogens is 2. The van der Waals surface area contributed by atoms with Crippen LogP contribution in [0.3, 0.4) is 0 Å². The van der Waals surface area contributed by atoms with E-state index in [1.165, 1.54) is 19.3 Å². The summed E-state index contributed by atoms with van der Waals surface area (Å²) in [4.78, 5) is 16.0. The first-order valence-electron chi connectivity index (χ1n) is 8.40. The molecule has 126 valence electrons. The summed E-state index contributed by atoms with van der Waals surface area (Å²) in [6.45, 7) is 9.63. The molecule has 6 heteroatoms. The van der Waals surface area contributed by atoms with Gasteiger partial charge in [-0.05, 0) is 12.3 Å². The molecule has 0 aliphatic rings. The molecule has 0 fully saturated rings. The average molecular weight is 310 g/mol. The normalized spacial score (nSPS) is 12.4. The lowest BCUT2D eigenvalue weighted by atomic mass is 9.99. The third-order valence-corrected chi connectivity index (χ3v) is 3.72. The molecule has 1 heterocycles. The number of carbonyl (C=O) groups excluding carboxylic acids is 1. The Morgan fingerprint density at radius 1 is 1.27 bits per heavy atom. The third-order valence-electron chi connectivity index (χ3n) is 3.72. The number of nitrogens with one attached hydrogen (secondary N) is 2. The van der Waals surface area contributed by atoms with Gasteiger partial charge in [-0.15, -0.1) is 0 Å². The van der Waals surface area contributed by atoms with E-state index in [2.05, 4.69) is 34.6 Å². The van der Waals surface area contributed by atoms with E-state index in [-0.39, 0.29) is 11.9 Å². The van der Waals surface area contributed by atoms with Crippen LogP contribution in [0.4, 0.5) is 4.79 Å². The molecule has 6 nitrogen and oxygen atoms in total. The van der Waals surface area contributed by atoms with Crippen molar-refractivity contribution in [2.24, 2.45) is 5.92 Å². The van der Waals surface area contributed by atoms with Crippen LogP contribution in [0, 0.1) is 5.92 Å². The van der Waals surface area contributed by atoms with Crippen LogP contribution in [-0.4, -0.2) is 29.3 Å². The summed E-state index contributed by atoms with van der Waals surface area (Å²) in [5.41, 5.74) is 0. The van der Waals surface area contributed by atoms with Crippen molar-refractivity contribution in [3.8, 4) is 0 Å². The smallest absolute Gasteiger partial charge is 0.314 e. The molecule has 2 N–H and O–H groups in total. The van der Waals surface area contributed by atoms with Gasteiger partial charge in [-0.1, -0.05) is 52.1 Å². The molecule has 1 aromatic rings. The molecule has 1 unspecified atom stereocenters. The molecule has 0 aromatic carbocycles. The summed E-state index contributed by atoms with van der Waals surface area (Å²) in [6, 6.07) is -0.126. The lowest BCUT2D eigenvalue weighted by Crippen LogP contribution is -2.39. The number of rotatable bonds is 10. The van der Waals surface area contributed by atoms with Gasteiger partial charge in [-0.3, -0.25) is 0 Å². The molecule has 2 amide bonds. The summed E-state index contributed by atoms with van der Waals surface area (Å²) in [5.74, 6) is 2.10. The Balaban J connectivity index is 2.19. The van der Waals surface area contributed by atoms with Gasteiger partial charge in [0.25, 0.3) is 0 Å². The Hall–Kier alpha value is -1.59. The Morgan fingerprint density at radius 3 is 2.64 bits per heavy atom. The van der Waals surface area contributed by atoms with Gasteiger partial charge in [0.15, 0.2) is 5.82 Å². The van der Waals surface area contributed by atoms with E-state index < -0.39 is 0 Å². The fourth-order valence-electron chi connectivity index (χ4n) is 2.13. The van der Waals surface area contributed by atoms with Gasteiger partial charge in [0.1, 0.15) is 0 Å². The largest absolute Gasteiger partial charge is 0.339 e. The first-order valence-corrected chi connectivity index (χ1v) is 8.40. The third kappa shape index (κ3) is 6.91. The molecule has 22 heavy (non-hydrogen) atoms. The van der Waals surface area contributed by atoms with Crippen LogP contribution in [0.1, 0.15) is 71.0 Å². The Bertz CT molecular complexity index is 432. The molecule has 0 aliphatic carbocycles. The number of nitrogens with zero attached hydrogens (tertiary/aromatic N) is 2. The Morgan fingerprint density at radius 2 is 2.05 bits per heavy atom. The van der Waals surface area contributed by atoms with Gasteiger partial charge in [-0.25, -0.2) is 4.79 Å². The monoisotopic (exact) mass is 310 g/mol. The highest BCUT2D eigenvalue weighted by Gasteiger charge is 2.10. The fraction of sp³-hybridized carbons (Fsp3) is 0.812. The number of amides is 2. The molecule has 1 rings (SSSR count). The molecular formula is C16H30N4O2. The van der Waals surface area contributed by atoms with Crippen molar-refractivity contribution in [2.45, 2.75) is 65.7 Å². The maximum absolute atomic E-state index is 11.8. The molecule has 1 aromatic heterocycles. The van der Waals surface area contributed by atoms with Crippen molar-refractivity contribution < 1.29 is 9.32 Å². The Labute approximate surface area is 133 Å². The number of urea groups is 1. The van der Waals surface area contributed by atoms with Crippen molar-refractivity contribution in [1.29, 1.82) is 0 Å². The number of carbonyl (C=O) groups is 1. The van der Waals surface area contributed by atoms with E-state index in [0.29, 0.717) is 30.6 Å². The van der Waals surface area contributed by atoms with Gasteiger partial charge in [-0.2, -0.15) is 4.98 Å². The van der Waals surface area contributed by atoms with E-state index >= 15 is 0 Å². The Kier molecular flexibility index (Phi) is 8.55. The lowest BCUT2D eigenvalue weighted by Gasteiger charge is -2.15. The van der Waals surface area contributed by atoms with E-state index in [0.717, 1.165) is 13.0 Å². The van der Waals surface area contributed by atoms with Crippen molar-refractivity contribution in [2.75, 3.05) is 13.1 Å². The zero-order chi connectivity index (χ0) is 16.4. The molecule has 0 aliphatic heterocycles. The van der Waals surface area contributed by atoms with Crippen LogP contribution in [0.5, 0.6) is 0 Å². The second-order valence-corrected chi connectivity index (χ2v) is 6.00. The predicted octanol–water partition coefficient (Wildman–Crippen LogP) is 3.25. The van der Waals surface area contributed by atoms with Gasteiger partial charge in [0, 0.05) is 25.4 Å². The van der Waals surface area contributed by atoms with Crippen molar-refractivity contribution >= 4 is 6.03 Å². The minimum absolute atomic E-state index is 0.126. The first kappa shape index (κ1) is 18.5. The van der Waals surface area contributed by atoms with Crippen LogP contribution >= 0.6 is 0 Å². The van der Waals surface area contributed by atoms with E-state index in [9.17, 15) is 4.79 Å². The molecule has 1 atom stereocenters. The highest BCUT2D eigenvalue weighted by Crippen LogP contribution is 2.11. The summed E-state index contributed by atoms with van der Waals surface area (Å²) in [6.07, 6.45) is 5.25. The quantitative estimate of drug-likeness (QED) is 0.695. The van der Waals surface area contributed by atoms with Gasteiger partial charge in [0.05, 0.1) is 0 Å². The lowest BCUT2D eigenvalue weighted by molar-refractivity contribution is 0.238. The molecule has 0 radical (unpaired) electrons. The summed E-state index contributed by atoms with van der Waals surface area (Å²) < 4.78 is 5.13. The van der Waals surface area contributed by atoms with Crippen molar-refractivity contribution in [3.05, 3.63) is 11.7 Å². The van der Waals surface area contributed by atoms with E-state index in [1.807, 2.05) is 13.8 Å². The highest BCUT2D eigenvalue weighted by atomic mass is 16.5. The maximum atomic E-state index is 11.8. The summed E-state index contributed by atoms with van der Waals surface area (Å²) >= 11 is 0. The molecule has 0 bridgehead atoms. The second-order valence-electron chi connectivity index (χ2n) is 6.00. The van der Waals surface area contributed by atoms with Crippen LogP contribution < -0.4 is 10.6 Å². The minimum Gasteiger partial charge on any atom is -0.339 e. The summed E-state index contributed by atoms with van der Waals surface area (Å²) in [5, 5.41) is 9.66. The zero-order valence-corrected chi connectivity index (χ0v) is 14.3. The standard InChI is InChI=1S/C16H30N4O2/c1-5-7-8-13(6-2)11-18-16(21)17-10-9-14-19-15(12(3)4)20-22-14/h12-13H,5-11H2,1-4H3,(H2,17,18,21). The topological polar surface area (TPSA) is 80.0 Å². The number of unbranched alkanes of at least 4 members (excludes halogenated alkanes) is 1. The zero-order valence-electron chi connectivity index (χ0n) is 14.3. The minimum atomic E-state index is -0.126. The average Bonchev–Trinajstić information content (AvgIpc) is 2.96. The molecule has 0 saturated heterocycles. The van der Waals surface area contributed by atoms with Crippen LogP contribution in [0.2, 0.25) is 0 Å². The summed E-state index contributed by atoms with van der Waals surface area (Å²) in [7, 11) is 0. The predicted molar refractivity (Wildman–Crippen MR) is 86.8 cm³/mol. The second kappa shape index (κ2) is 10.2. The maximum Gasteiger partial charge on any atom is 0.314 e. The van der Waals surface area contributed by atoms with Crippen LogP contribution in [0.15, 0.2) is 4.52 Å². The van der Waals surface area contributed by atoms with Gasteiger partial charge >= 0.3 is 6.03 Å². The van der Waals surface area contributed by atoms with Gasteiger partial charge in [0.2, 0.25) is 5.89 Å². The van der Waals surface area contributed by atoms with Crippen molar-refractivity contribution in [3.63, 3.8) is 0 Å². The molecule has 0 spiro atoms. The number of hydrogen-bond acceptors (Lipinski definition) is 4. The molecule has 0 saturated carbocycles. The highest BCUT2D eigenvalue weighted by molar-refractivity contribution is 5.73. The van der Waals surface area contributed by atoms with E-state index in [1.54, 1.807) is 0 Å². The SMILES string of the molecule is CCCCC(CC)CNC(=O)NCCc1nc(C(C)C)no1. The van der Waals surface area contributed by atoms with Crippen LogP contribution in [-0.2, 0) is 6.42 Å². The van der Waals surface area contributed by atoms with Crippen LogP contribution in [0.25, 0.3) is 0 Å². The van der Waals surface area contributed by atoms with E-state index in [4.69, 9.17) is 4.52 Å². The molecular weight excluding hydrogens is 280 g/mol. The van der Waals surface area contributed by atoms with Gasteiger partial charge < -0.3 is 15.2 Å².